The van der Waals surface area contributed by atoms with E-state index in [9.17, 15) is 18.0 Å². The van der Waals surface area contributed by atoms with E-state index < -0.39 is 30.4 Å². The number of carbonyl (C=O) groups excluding carboxylic acids is 1. The first-order valence-corrected chi connectivity index (χ1v) is 8.35. The van der Waals surface area contributed by atoms with Gasteiger partial charge in [0.25, 0.3) is 0 Å². The van der Waals surface area contributed by atoms with Crippen LogP contribution in [0.2, 0.25) is 0 Å². The molecule has 3 rings (SSSR count). The molecule has 1 heterocycles. The van der Waals surface area contributed by atoms with E-state index in [1.807, 2.05) is 0 Å². The number of carbonyl (C=O) groups is 1. The van der Waals surface area contributed by atoms with E-state index in [1.165, 1.54) is 19.1 Å². The summed E-state index contributed by atoms with van der Waals surface area (Å²) >= 11 is 0. The van der Waals surface area contributed by atoms with Crippen molar-refractivity contribution in [1.82, 2.24) is 9.97 Å². The first-order chi connectivity index (χ1) is 14.3. The number of hydrogen-bond acceptors (Lipinski definition) is 4. The van der Waals surface area contributed by atoms with Crippen LogP contribution >= 0.6 is 0 Å². The zero-order valence-electron chi connectivity index (χ0n) is 18.1. The predicted molar refractivity (Wildman–Crippen MR) is 101 cm³/mol. The third-order valence-electron chi connectivity index (χ3n) is 4.45. The summed E-state index contributed by atoms with van der Waals surface area (Å²) in [5.74, 6) is 2.31. The van der Waals surface area contributed by atoms with Gasteiger partial charge in [-0.05, 0) is 49.5 Å². The second kappa shape index (κ2) is 7.12. The van der Waals surface area contributed by atoms with E-state index in [1.54, 1.807) is 6.92 Å². The zero-order valence-corrected chi connectivity index (χ0v) is 15.1. The maximum absolute atomic E-state index is 13.3. The molecule has 4 nitrogen and oxygen atoms in total. The second-order valence-electron chi connectivity index (χ2n) is 6.40. The first kappa shape index (κ1) is 15.9. The monoisotopic (exact) mass is 388 g/mol. The fourth-order valence-corrected chi connectivity index (χ4v) is 3.21. The highest BCUT2D eigenvalue weighted by molar-refractivity contribution is 6.02. The molecule has 144 valence electrons. The zero-order chi connectivity index (χ0) is 23.1. The molecular formula is C21H18F3N3O. The lowest BCUT2D eigenvalue weighted by Gasteiger charge is -2.23. The lowest BCUT2D eigenvalue weighted by molar-refractivity contribution is -0.138. The van der Waals surface area contributed by atoms with Crippen molar-refractivity contribution in [2.45, 2.75) is 39.3 Å². The number of aromatic nitrogens is 2. The molecule has 0 bridgehead atoms. The highest BCUT2D eigenvalue weighted by Crippen LogP contribution is 2.36. The molecule has 1 aromatic carbocycles. The number of hydrogen-bond donors (Lipinski definition) is 1. The lowest BCUT2D eigenvalue weighted by atomic mass is 9.94. The summed E-state index contributed by atoms with van der Waals surface area (Å²) in [7, 11) is 0. The van der Waals surface area contributed by atoms with Crippen LogP contribution in [0.5, 0.6) is 0 Å². The number of allylic oxidation sites excluding steroid dienone is 2. The number of aryl methyl sites for hydroxylation is 1. The van der Waals surface area contributed by atoms with Gasteiger partial charge in [0.15, 0.2) is 5.78 Å². The van der Waals surface area contributed by atoms with Gasteiger partial charge in [-0.15, -0.1) is 6.42 Å². The maximum atomic E-state index is 13.3. The van der Waals surface area contributed by atoms with Crippen molar-refractivity contribution in [3.05, 3.63) is 58.0 Å². The molecule has 0 saturated heterocycles. The number of ketones is 1. The Balaban J connectivity index is 2.14. The Morgan fingerprint density at radius 1 is 1.32 bits per heavy atom. The normalized spacial score (nSPS) is 16.8. The fraction of sp³-hybridized carbons (Fsp3) is 0.286. The quantitative estimate of drug-likeness (QED) is 0.791. The summed E-state index contributed by atoms with van der Waals surface area (Å²) in [6.45, 7) is 0.249. The summed E-state index contributed by atoms with van der Waals surface area (Å²) in [4.78, 5) is 20.5. The number of rotatable bonds is 3. The van der Waals surface area contributed by atoms with Crippen molar-refractivity contribution in [2.24, 2.45) is 0 Å². The number of anilines is 1. The third kappa shape index (κ3) is 3.63. The molecule has 1 N–H and O–H groups in total. The Morgan fingerprint density at radius 3 is 2.71 bits per heavy atom. The van der Waals surface area contributed by atoms with Crippen LogP contribution in [0.3, 0.4) is 0 Å². The van der Waals surface area contributed by atoms with Gasteiger partial charge in [-0.2, -0.15) is 13.2 Å². The van der Waals surface area contributed by atoms with Gasteiger partial charge in [0.1, 0.15) is 17.7 Å². The van der Waals surface area contributed by atoms with Gasteiger partial charge >= 0.3 is 6.18 Å². The van der Waals surface area contributed by atoms with Gasteiger partial charge in [-0.3, -0.25) is 4.79 Å². The molecule has 1 aromatic heterocycles. The van der Waals surface area contributed by atoms with Crippen LogP contribution in [0.25, 0.3) is 5.57 Å². The number of alkyl halides is 3. The largest absolute Gasteiger partial charge is 0.416 e. The van der Waals surface area contributed by atoms with Gasteiger partial charge in [0.2, 0.25) is 0 Å². The van der Waals surface area contributed by atoms with Crippen LogP contribution in [0.1, 0.15) is 50.8 Å². The SMILES string of the molecule is [2H]C([2H])([2H])C1=CC(=O)Cc2nc(C)nc(N[C@H](C#C)c3cccc(C(F)(F)F)c3C)c21. The summed E-state index contributed by atoms with van der Waals surface area (Å²) in [6, 6.07) is 2.65. The molecule has 0 amide bonds. The Labute approximate surface area is 165 Å². The van der Waals surface area contributed by atoms with Crippen molar-refractivity contribution < 1.29 is 22.1 Å². The van der Waals surface area contributed by atoms with E-state index in [0.29, 0.717) is 0 Å². The molecular weight excluding hydrogens is 367 g/mol. The van der Waals surface area contributed by atoms with Crippen molar-refractivity contribution in [2.75, 3.05) is 5.32 Å². The van der Waals surface area contributed by atoms with Gasteiger partial charge < -0.3 is 5.32 Å². The van der Waals surface area contributed by atoms with Crippen molar-refractivity contribution >= 4 is 17.2 Å². The van der Waals surface area contributed by atoms with Crippen LogP contribution < -0.4 is 5.32 Å². The number of fused-ring (bicyclic) bond motifs is 1. The predicted octanol–water partition coefficient (Wildman–Crippen LogP) is 4.43. The Kier molecular flexibility index (Phi) is 4.03. The molecule has 7 heteroatoms. The van der Waals surface area contributed by atoms with Crippen LogP contribution in [0, 0.1) is 26.2 Å². The van der Waals surface area contributed by atoms with Crippen molar-refractivity contribution in [1.29, 1.82) is 0 Å². The maximum Gasteiger partial charge on any atom is 0.416 e. The molecule has 2 aromatic rings. The minimum absolute atomic E-state index is 0.0492. The van der Waals surface area contributed by atoms with Gasteiger partial charge in [0, 0.05) is 9.68 Å². The number of nitrogens with one attached hydrogen (secondary N) is 1. The molecule has 0 spiro atoms. The molecule has 0 unspecified atom stereocenters. The summed E-state index contributed by atoms with van der Waals surface area (Å²) in [5.41, 5.74) is -0.555. The number of nitrogens with zero attached hydrogens (tertiary/aromatic N) is 2. The van der Waals surface area contributed by atoms with Crippen molar-refractivity contribution in [3.63, 3.8) is 0 Å². The average Bonchev–Trinajstić information content (AvgIpc) is 2.63. The smallest absolute Gasteiger partial charge is 0.352 e. The summed E-state index contributed by atoms with van der Waals surface area (Å²) < 4.78 is 63.3. The van der Waals surface area contributed by atoms with Gasteiger partial charge in [-0.1, -0.05) is 18.1 Å². The minimum atomic E-state index is -4.55. The molecule has 1 aliphatic rings. The van der Waals surface area contributed by atoms with E-state index in [-0.39, 0.29) is 46.0 Å². The molecule has 0 aliphatic heterocycles. The molecule has 0 radical (unpaired) electrons. The topological polar surface area (TPSA) is 54.9 Å². The molecule has 1 aliphatic carbocycles. The lowest BCUT2D eigenvalue weighted by Crippen LogP contribution is -2.19. The minimum Gasteiger partial charge on any atom is -0.352 e. The highest BCUT2D eigenvalue weighted by Gasteiger charge is 2.33. The Hall–Kier alpha value is -3.14. The van der Waals surface area contributed by atoms with Crippen LogP contribution in [-0.4, -0.2) is 15.8 Å². The van der Waals surface area contributed by atoms with E-state index in [2.05, 4.69) is 21.2 Å². The molecule has 0 saturated carbocycles. The number of terminal acetylenes is 1. The Morgan fingerprint density at radius 2 is 2.07 bits per heavy atom. The van der Waals surface area contributed by atoms with Gasteiger partial charge in [0.05, 0.1) is 17.7 Å². The van der Waals surface area contributed by atoms with E-state index in [0.717, 1.165) is 12.1 Å². The summed E-state index contributed by atoms with van der Waals surface area (Å²) in [5, 5.41) is 2.89. The third-order valence-corrected chi connectivity index (χ3v) is 4.45. The number of halogens is 3. The molecule has 1 atom stereocenters. The standard InChI is InChI=1S/C21H18F3N3O/c1-5-17(15-7-6-8-16(12(15)3)21(22,23)24)27-20-19-11(2)9-14(28)10-18(19)25-13(4)26-20/h1,6-9,17H,10H2,2-4H3,(H,25,26,27)/t17-/m1/s1/i2D3. The van der Waals surface area contributed by atoms with Crippen LogP contribution in [-0.2, 0) is 17.4 Å². The fourth-order valence-electron chi connectivity index (χ4n) is 3.21. The van der Waals surface area contributed by atoms with Crippen LogP contribution in [0.15, 0.2) is 24.3 Å². The number of benzene rings is 1. The van der Waals surface area contributed by atoms with E-state index in [4.69, 9.17) is 10.5 Å². The molecule has 28 heavy (non-hydrogen) atoms. The van der Waals surface area contributed by atoms with E-state index >= 15 is 0 Å². The van der Waals surface area contributed by atoms with Gasteiger partial charge in [-0.25, -0.2) is 9.97 Å². The highest BCUT2D eigenvalue weighted by atomic mass is 19.4. The first-order valence-electron chi connectivity index (χ1n) is 9.85. The van der Waals surface area contributed by atoms with Crippen molar-refractivity contribution in [3.8, 4) is 12.3 Å². The second-order valence-corrected chi connectivity index (χ2v) is 6.40. The average molecular weight is 388 g/mol. The van der Waals surface area contributed by atoms with Crippen LogP contribution in [0.4, 0.5) is 19.0 Å². The Bertz CT molecular complexity index is 1130. The summed E-state index contributed by atoms with van der Waals surface area (Å²) in [6.07, 6.45) is 1.98. The molecule has 0 fully saturated rings.